The minimum absolute atomic E-state index is 0.143. The number of nitrogens with zero attached hydrogens (tertiary/aromatic N) is 1. The van der Waals surface area contributed by atoms with Crippen molar-refractivity contribution in [1.29, 1.82) is 0 Å². The first-order valence-corrected chi connectivity index (χ1v) is 11.7. The Balaban J connectivity index is 1.28. The highest BCUT2D eigenvalue weighted by atomic mass is 32.1. The number of hydrogen-bond donors (Lipinski definition) is 1. The molecule has 148 valence electrons. The quantitative estimate of drug-likeness (QED) is 0.847. The van der Waals surface area contributed by atoms with E-state index in [1.54, 1.807) is 11.3 Å². The lowest BCUT2D eigenvalue weighted by Crippen LogP contribution is -2.65. The van der Waals surface area contributed by atoms with E-state index in [4.69, 9.17) is 4.74 Å². The number of rotatable bonds is 3. The van der Waals surface area contributed by atoms with Crippen LogP contribution in [-0.4, -0.2) is 48.7 Å². The summed E-state index contributed by atoms with van der Waals surface area (Å²) in [5.41, 5.74) is 1.70. The Labute approximate surface area is 170 Å². The molecule has 5 heteroatoms. The van der Waals surface area contributed by atoms with Crippen LogP contribution in [0.4, 0.5) is 0 Å². The Morgan fingerprint density at radius 2 is 1.93 bits per heavy atom. The Bertz CT molecular complexity index is 904. The first-order valence-electron chi connectivity index (χ1n) is 10.9. The van der Waals surface area contributed by atoms with Gasteiger partial charge in [-0.2, -0.15) is 0 Å². The van der Waals surface area contributed by atoms with E-state index in [2.05, 4.69) is 34.5 Å². The number of amides is 1. The van der Waals surface area contributed by atoms with E-state index >= 15 is 0 Å². The van der Waals surface area contributed by atoms with Gasteiger partial charge in [0.2, 0.25) is 0 Å². The predicted molar refractivity (Wildman–Crippen MR) is 112 cm³/mol. The summed E-state index contributed by atoms with van der Waals surface area (Å²) in [5.74, 6) is 1.37. The number of carbonyl (C=O) groups excluding carboxylic acids is 1. The molecule has 1 saturated carbocycles. The van der Waals surface area contributed by atoms with Crippen LogP contribution in [0.25, 0.3) is 10.1 Å². The van der Waals surface area contributed by atoms with Crippen LogP contribution in [-0.2, 0) is 4.74 Å². The molecule has 1 amide bonds. The van der Waals surface area contributed by atoms with Crippen molar-refractivity contribution in [3.05, 3.63) is 34.7 Å². The fourth-order valence-corrected chi connectivity index (χ4v) is 7.22. The second kappa shape index (κ2) is 6.54. The third kappa shape index (κ3) is 2.66. The van der Waals surface area contributed by atoms with E-state index in [0.717, 1.165) is 30.9 Å². The first kappa shape index (κ1) is 17.4. The maximum atomic E-state index is 13.2. The summed E-state index contributed by atoms with van der Waals surface area (Å²) in [7, 11) is 0. The molecule has 1 unspecified atom stereocenters. The molecule has 1 aromatic heterocycles. The minimum Gasteiger partial charge on any atom is -0.381 e. The lowest BCUT2D eigenvalue weighted by molar-refractivity contribution is -0.00138. The average Bonchev–Trinajstić information content (AvgIpc) is 3.39. The number of piperidine rings is 3. The molecule has 2 bridgehead atoms. The molecule has 1 spiro atoms. The van der Waals surface area contributed by atoms with Gasteiger partial charge in [0.15, 0.2) is 0 Å². The molecule has 4 aliphatic heterocycles. The molecule has 1 aromatic carbocycles. The van der Waals surface area contributed by atoms with Gasteiger partial charge in [-0.15, -0.1) is 11.3 Å². The summed E-state index contributed by atoms with van der Waals surface area (Å²) in [6.07, 6.45) is 7.17. The van der Waals surface area contributed by atoms with Gasteiger partial charge in [-0.25, -0.2) is 0 Å². The Morgan fingerprint density at radius 3 is 2.68 bits per heavy atom. The molecule has 1 N–H and O–H groups in total. The molecule has 5 fully saturated rings. The van der Waals surface area contributed by atoms with Crippen molar-refractivity contribution in [3.63, 3.8) is 0 Å². The normalized spacial score (nSPS) is 31.4. The maximum absolute atomic E-state index is 13.2. The highest BCUT2D eigenvalue weighted by molar-refractivity contribution is 7.21. The van der Waals surface area contributed by atoms with E-state index in [9.17, 15) is 4.79 Å². The van der Waals surface area contributed by atoms with Crippen molar-refractivity contribution < 1.29 is 9.53 Å². The van der Waals surface area contributed by atoms with Crippen molar-refractivity contribution in [3.8, 4) is 0 Å². The van der Waals surface area contributed by atoms with Crippen LogP contribution < -0.4 is 5.32 Å². The molecule has 4 saturated heterocycles. The van der Waals surface area contributed by atoms with Crippen molar-refractivity contribution in [2.45, 2.75) is 56.0 Å². The van der Waals surface area contributed by atoms with Gasteiger partial charge in [0.05, 0.1) is 10.9 Å². The van der Waals surface area contributed by atoms with Crippen molar-refractivity contribution >= 4 is 27.3 Å². The molecule has 0 radical (unpaired) electrons. The van der Waals surface area contributed by atoms with E-state index in [-0.39, 0.29) is 5.91 Å². The van der Waals surface area contributed by atoms with Crippen LogP contribution >= 0.6 is 11.3 Å². The third-order valence-corrected chi connectivity index (χ3v) is 8.93. The van der Waals surface area contributed by atoms with Crippen LogP contribution in [0.15, 0.2) is 24.3 Å². The number of carbonyl (C=O) groups is 1. The van der Waals surface area contributed by atoms with Crippen LogP contribution in [0.1, 0.15) is 59.7 Å². The number of benzene rings is 1. The summed E-state index contributed by atoms with van der Waals surface area (Å²) in [5, 5.41) is 4.71. The number of thiophene rings is 1. The molecule has 4 nitrogen and oxygen atoms in total. The summed E-state index contributed by atoms with van der Waals surface area (Å²) in [4.78, 5) is 16.8. The number of hydrogen-bond acceptors (Lipinski definition) is 4. The molecule has 5 aliphatic rings. The van der Waals surface area contributed by atoms with Crippen molar-refractivity contribution in [2.24, 2.45) is 5.92 Å². The van der Waals surface area contributed by atoms with Crippen LogP contribution in [0.2, 0.25) is 0 Å². The SMILES string of the molecule is O=C(NC1C2CCN(CC2)C12CC2)c1cc2cccc(C3CCOCC3)c2s1. The number of ether oxygens (including phenoxy) is 1. The molecule has 7 rings (SSSR count). The van der Waals surface area contributed by atoms with E-state index < -0.39 is 0 Å². The lowest BCUT2D eigenvalue weighted by atomic mass is 9.77. The zero-order valence-corrected chi connectivity index (χ0v) is 17.1. The van der Waals surface area contributed by atoms with Gasteiger partial charge in [0.1, 0.15) is 0 Å². The zero-order chi connectivity index (χ0) is 18.7. The van der Waals surface area contributed by atoms with E-state index in [1.165, 1.54) is 54.4 Å². The predicted octanol–water partition coefficient (Wildman–Crippen LogP) is 4.15. The highest BCUT2D eigenvalue weighted by Gasteiger charge is 2.60. The van der Waals surface area contributed by atoms with Gasteiger partial charge in [0.25, 0.3) is 5.91 Å². The lowest BCUT2D eigenvalue weighted by Gasteiger charge is -2.52. The van der Waals surface area contributed by atoms with E-state index in [1.807, 2.05) is 0 Å². The smallest absolute Gasteiger partial charge is 0.261 e. The Morgan fingerprint density at radius 1 is 1.14 bits per heavy atom. The van der Waals surface area contributed by atoms with Crippen LogP contribution in [0, 0.1) is 5.92 Å². The standard InChI is InChI=1S/C23H28N2O2S/c26-22(24-21-16-4-10-25(11-5-16)23(21)8-9-23)19-14-17-2-1-3-18(20(17)28-19)15-6-12-27-13-7-15/h1-3,14-16,21H,4-13H2,(H,24,26). The molecule has 28 heavy (non-hydrogen) atoms. The topological polar surface area (TPSA) is 41.6 Å². The Kier molecular flexibility index (Phi) is 4.07. The van der Waals surface area contributed by atoms with Gasteiger partial charge in [-0.3, -0.25) is 9.69 Å². The molecular weight excluding hydrogens is 368 g/mol. The number of fused-ring (bicyclic) bond motifs is 3. The summed E-state index contributed by atoms with van der Waals surface area (Å²) in [6, 6.07) is 9.01. The summed E-state index contributed by atoms with van der Waals surface area (Å²) < 4.78 is 6.85. The van der Waals surface area contributed by atoms with Crippen molar-refractivity contribution in [1.82, 2.24) is 10.2 Å². The minimum atomic E-state index is 0.143. The second-order valence-electron chi connectivity index (χ2n) is 9.14. The highest BCUT2D eigenvalue weighted by Crippen LogP contribution is 2.53. The first-order chi connectivity index (χ1) is 13.7. The van der Waals surface area contributed by atoms with Gasteiger partial charge in [0, 0.05) is 23.5 Å². The Hall–Kier alpha value is -1.43. The molecular formula is C23H28N2O2S. The van der Waals surface area contributed by atoms with Gasteiger partial charge in [-0.05, 0) is 80.5 Å². The summed E-state index contributed by atoms with van der Waals surface area (Å²) in [6.45, 7) is 4.16. The fourth-order valence-electron chi connectivity index (χ4n) is 6.06. The number of nitrogens with one attached hydrogen (secondary N) is 1. The van der Waals surface area contributed by atoms with Gasteiger partial charge in [-0.1, -0.05) is 18.2 Å². The monoisotopic (exact) mass is 396 g/mol. The van der Waals surface area contributed by atoms with Crippen molar-refractivity contribution in [2.75, 3.05) is 26.3 Å². The fraction of sp³-hybridized carbons (Fsp3) is 0.609. The van der Waals surface area contributed by atoms with Gasteiger partial charge >= 0.3 is 0 Å². The zero-order valence-electron chi connectivity index (χ0n) is 16.3. The largest absolute Gasteiger partial charge is 0.381 e. The molecule has 1 atom stereocenters. The van der Waals surface area contributed by atoms with Crippen LogP contribution in [0.5, 0.6) is 0 Å². The van der Waals surface area contributed by atoms with Crippen LogP contribution in [0.3, 0.4) is 0 Å². The van der Waals surface area contributed by atoms with E-state index in [0.29, 0.717) is 23.4 Å². The molecule has 2 aromatic rings. The van der Waals surface area contributed by atoms with Gasteiger partial charge < -0.3 is 10.1 Å². The average molecular weight is 397 g/mol. The maximum Gasteiger partial charge on any atom is 0.261 e. The second-order valence-corrected chi connectivity index (χ2v) is 10.2. The molecule has 1 aliphatic carbocycles. The third-order valence-electron chi connectivity index (χ3n) is 7.73. The molecule has 5 heterocycles. The summed E-state index contributed by atoms with van der Waals surface area (Å²) >= 11 is 1.69.